The molecule has 2 fully saturated rings. The van der Waals surface area contributed by atoms with Crippen molar-refractivity contribution in [3.8, 4) is 0 Å². The summed E-state index contributed by atoms with van der Waals surface area (Å²) < 4.78 is 0. The maximum absolute atomic E-state index is 12.7. The van der Waals surface area contributed by atoms with Crippen LogP contribution in [0.25, 0.3) is 0 Å². The summed E-state index contributed by atoms with van der Waals surface area (Å²) in [6.07, 6.45) is 3.70. The minimum Gasteiger partial charge on any atom is -0.349 e. The molecule has 2 heteroatoms. The van der Waals surface area contributed by atoms with E-state index in [-0.39, 0.29) is 11.3 Å². The SMILES string of the molecule is Cc1ccc(C(=O)NC2CC3CCC2(C)C3(C)C)c(C)c1. The number of rotatable bonds is 2. The van der Waals surface area contributed by atoms with Gasteiger partial charge in [-0.25, -0.2) is 0 Å². The lowest BCUT2D eigenvalue weighted by atomic mass is 9.69. The van der Waals surface area contributed by atoms with Gasteiger partial charge in [0, 0.05) is 11.6 Å². The molecule has 1 N–H and O–H groups in total. The van der Waals surface area contributed by atoms with Gasteiger partial charge < -0.3 is 5.32 Å². The van der Waals surface area contributed by atoms with Crippen LogP contribution in [0.3, 0.4) is 0 Å². The van der Waals surface area contributed by atoms with Crippen molar-refractivity contribution in [1.29, 1.82) is 0 Å². The molecule has 2 nitrogen and oxygen atoms in total. The maximum Gasteiger partial charge on any atom is 0.251 e. The Morgan fingerprint density at radius 3 is 2.48 bits per heavy atom. The van der Waals surface area contributed by atoms with Crippen LogP contribution in [-0.2, 0) is 0 Å². The smallest absolute Gasteiger partial charge is 0.251 e. The van der Waals surface area contributed by atoms with Crippen LogP contribution in [0.4, 0.5) is 0 Å². The Balaban J connectivity index is 1.80. The number of aryl methyl sites for hydroxylation is 2. The fourth-order valence-corrected chi connectivity index (χ4v) is 4.73. The van der Waals surface area contributed by atoms with Gasteiger partial charge in [0.2, 0.25) is 0 Å². The quantitative estimate of drug-likeness (QED) is 0.865. The summed E-state index contributed by atoms with van der Waals surface area (Å²) in [4.78, 5) is 12.7. The fraction of sp³-hybridized carbons (Fsp3) is 0.632. The van der Waals surface area contributed by atoms with E-state index in [9.17, 15) is 4.79 Å². The molecule has 2 aliphatic rings. The average Bonchev–Trinajstić information content (AvgIpc) is 2.71. The topological polar surface area (TPSA) is 29.1 Å². The van der Waals surface area contributed by atoms with Gasteiger partial charge in [-0.1, -0.05) is 38.5 Å². The Morgan fingerprint density at radius 2 is 1.95 bits per heavy atom. The number of carbonyl (C=O) groups is 1. The molecule has 0 radical (unpaired) electrons. The van der Waals surface area contributed by atoms with Crippen molar-refractivity contribution in [3.05, 3.63) is 34.9 Å². The number of amides is 1. The van der Waals surface area contributed by atoms with Gasteiger partial charge in [0.15, 0.2) is 0 Å². The molecular weight excluding hydrogens is 258 g/mol. The molecule has 114 valence electrons. The van der Waals surface area contributed by atoms with E-state index < -0.39 is 0 Å². The minimum atomic E-state index is 0.0991. The van der Waals surface area contributed by atoms with Gasteiger partial charge >= 0.3 is 0 Å². The largest absolute Gasteiger partial charge is 0.349 e. The number of hydrogen-bond donors (Lipinski definition) is 1. The lowest BCUT2D eigenvalue weighted by molar-refractivity contribution is 0.0825. The highest BCUT2D eigenvalue weighted by atomic mass is 16.1. The van der Waals surface area contributed by atoms with Crippen molar-refractivity contribution in [2.24, 2.45) is 16.7 Å². The lowest BCUT2D eigenvalue weighted by Crippen LogP contribution is -2.47. The van der Waals surface area contributed by atoms with Crippen LogP contribution >= 0.6 is 0 Å². The molecule has 2 saturated carbocycles. The summed E-state index contributed by atoms with van der Waals surface area (Å²) in [6.45, 7) is 11.2. The molecule has 2 bridgehead atoms. The first-order valence-electron chi connectivity index (χ1n) is 8.14. The Kier molecular flexibility index (Phi) is 3.20. The molecular formula is C19H27NO. The van der Waals surface area contributed by atoms with Gasteiger partial charge in [-0.05, 0) is 61.5 Å². The zero-order valence-electron chi connectivity index (χ0n) is 13.9. The second kappa shape index (κ2) is 4.59. The van der Waals surface area contributed by atoms with Gasteiger partial charge in [0.25, 0.3) is 5.91 Å². The van der Waals surface area contributed by atoms with E-state index in [0.717, 1.165) is 23.5 Å². The first kappa shape index (κ1) is 14.6. The molecule has 1 aromatic rings. The van der Waals surface area contributed by atoms with Crippen LogP contribution < -0.4 is 5.32 Å². The highest BCUT2D eigenvalue weighted by molar-refractivity contribution is 5.96. The van der Waals surface area contributed by atoms with Crippen LogP contribution in [0.5, 0.6) is 0 Å². The van der Waals surface area contributed by atoms with E-state index in [1.54, 1.807) is 0 Å². The normalized spacial score (nSPS) is 33.2. The Morgan fingerprint density at radius 1 is 1.24 bits per heavy atom. The molecule has 1 amide bonds. The number of fused-ring (bicyclic) bond motifs is 2. The van der Waals surface area contributed by atoms with E-state index in [1.165, 1.54) is 18.4 Å². The molecule has 1 aromatic carbocycles. The summed E-state index contributed by atoms with van der Waals surface area (Å²) in [5.74, 6) is 0.856. The first-order chi connectivity index (χ1) is 9.75. The summed E-state index contributed by atoms with van der Waals surface area (Å²) in [6, 6.07) is 6.38. The van der Waals surface area contributed by atoms with Crippen molar-refractivity contribution in [2.45, 2.75) is 59.9 Å². The standard InChI is InChI=1S/C19H27NO/c1-12-6-7-15(13(2)10-12)17(21)20-16-11-14-8-9-19(16,5)18(14,3)4/h6-7,10,14,16H,8-9,11H2,1-5H3,(H,20,21). The fourth-order valence-electron chi connectivity index (χ4n) is 4.73. The van der Waals surface area contributed by atoms with Gasteiger partial charge in [-0.2, -0.15) is 0 Å². The Hall–Kier alpha value is -1.31. The monoisotopic (exact) mass is 285 g/mol. The lowest BCUT2D eigenvalue weighted by Gasteiger charge is -2.39. The molecule has 0 aromatic heterocycles. The number of nitrogens with one attached hydrogen (secondary N) is 1. The van der Waals surface area contributed by atoms with E-state index in [4.69, 9.17) is 0 Å². The average molecular weight is 285 g/mol. The first-order valence-corrected chi connectivity index (χ1v) is 8.14. The van der Waals surface area contributed by atoms with E-state index in [1.807, 2.05) is 19.1 Å². The maximum atomic E-state index is 12.7. The van der Waals surface area contributed by atoms with Crippen LogP contribution in [-0.4, -0.2) is 11.9 Å². The summed E-state index contributed by atoms with van der Waals surface area (Å²) in [5, 5.41) is 3.34. The molecule has 3 rings (SSSR count). The molecule has 0 aliphatic heterocycles. The van der Waals surface area contributed by atoms with Crippen molar-refractivity contribution in [2.75, 3.05) is 0 Å². The van der Waals surface area contributed by atoms with E-state index in [2.05, 4.69) is 39.1 Å². The van der Waals surface area contributed by atoms with Gasteiger partial charge in [0.1, 0.15) is 0 Å². The molecule has 0 spiro atoms. The second-order valence-corrected chi connectivity index (χ2v) is 7.95. The molecule has 0 heterocycles. The third-order valence-corrected chi connectivity index (χ3v) is 6.73. The van der Waals surface area contributed by atoms with Crippen LogP contribution in [0.15, 0.2) is 18.2 Å². The third-order valence-electron chi connectivity index (χ3n) is 6.73. The van der Waals surface area contributed by atoms with Gasteiger partial charge in [-0.15, -0.1) is 0 Å². The predicted octanol–water partition coefficient (Wildman–Crippen LogP) is 4.25. The molecule has 21 heavy (non-hydrogen) atoms. The van der Waals surface area contributed by atoms with Crippen molar-refractivity contribution in [3.63, 3.8) is 0 Å². The predicted molar refractivity (Wildman–Crippen MR) is 86.4 cm³/mol. The summed E-state index contributed by atoms with van der Waals surface area (Å²) in [5.41, 5.74) is 3.68. The van der Waals surface area contributed by atoms with Crippen molar-refractivity contribution >= 4 is 5.91 Å². The van der Waals surface area contributed by atoms with Crippen LogP contribution in [0, 0.1) is 30.6 Å². The minimum absolute atomic E-state index is 0.0991. The number of hydrogen-bond acceptors (Lipinski definition) is 1. The molecule has 3 unspecified atom stereocenters. The van der Waals surface area contributed by atoms with Crippen molar-refractivity contribution in [1.82, 2.24) is 5.32 Å². The Bertz CT molecular complexity index is 589. The zero-order valence-corrected chi connectivity index (χ0v) is 13.9. The summed E-state index contributed by atoms with van der Waals surface area (Å²) >= 11 is 0. The highest BCUT2D eigenvalue weighted by Gasteiger charge is 2.61. The third kappa shape index (κ3) is 2.03. The van der Waals surface area contributed by atoms with E-state index >= 15 is 0 Å². The van der Waals surface area contributed by atoms with Gasteiger partial charge in [-0.3, -0.25) is 4.79 Å². The highest BCUT2D eigenvalue weighted by Crippen LogP contribution is 2.65. The number of benzene rings is 1. The van der Waals surface area contributed by atoms with Gasteiger partial charge in [0.05, 0.1) is 0 Å². The molecule has 2 aliphatic carbocycles. The Labute approximate surface area is 128 Å². The summed E-state index contributed by atoms with van der Waals surface area (Å²) in [7, 11) is 0. The molecule has 0 saturated heterocycles. The van der Waals surface area contributed by atoms with E-state index in [0.29, 0.717) is 11.5 Å². The zero-order chi connectivity index (χ0) is 15.4. The second-order valence-electron chi connectivity index (χ2n) is 7.95. The molecule has 3 atom stereocenters. The van der Waals surface area contributed by atoms with Crippen molar-refractivity contribution < 1.29 is 4.79 Å². The van der Waals surface area contributed by atoms with Crippen LogP contribution in [0.1, 0.15) is 61.5 Å². The number of carbonyl (C=O) groups excluding carboxylic acids is 1. The van der Waals surface area contributed by atoms with Crippen LogP contribution in [0.2, 0.25) is 0 Å².